The van der Waals surface area contributed by atoms with Gasteiger partial charge in [0.1, 0.15) is 11.9 Å². The average molecular weight is 396 g/mol. The molecule has 0 unspecified atom stereocenters. The first-order valence-corrected chi connectivity index (χ1v) is 9.49. The maximum Gasteiger partial charge on any atom is 0.384 e. The number of nitrogens with zero attached hydrogens (tertiary/aromatic N) is 6. The van der Waals surface area contributed by atoms with Crippen molar-refractivity contribution in [1.82, 2.24) is 19.7 Å². The highest BCUT2D eigenvalue weighted by Crippen LogP contribution is 2.37. The Morgan fingerprint density at radius 2 is 2.03 bits per heavy atom. The number of anilines is 2. The van der Waals surface area contributed by atoms with Gasteiger partial charge in [0.25, 0.3) is 0 Å². The van der Waals surface area contributed by atoms with Gasteiger partial charge in [0.15, 0.2) is 5.65 Å². The molecular formula is C22H16N6O2. The van der Waals surface area contributed by atoms with Crippen LogP contribution < -0.4 is 10.6 Å². The van der Waals surface area contributed by atoms with Crippen LogP contribution >= 0.6 is 0 Å². The molecule has 1 N–H and O–H groups in total. The molecule has 30 heavy (non-hydrogen) atoms. The van der Waals surface area contributed by atoms with Crippen molar-refractivity contribution in [2.45, 2.75) is 12.8 Å². The van der Waals surface area contributed by atoms with E-state index in [1.807, 2.05) is 17.0 Å². The second-order valence-electron chi connectivity index (χ2n) is 7.08. The van der Waals surface area contributed by atoms with Gasteiger partial charge in [0.2, 0.25) is 0 Å². The number of nitriles is 1. The van der Waals surface area contributed by atoms with Crippen LogP contribution in [0.2, 0.25) is 0 Å². The van der Waals surface area contributed by atoms with E-state index in [-0.39, 0.29) is 5.65 Å². The fourth-order valence-corrected chi connectivity index (χ4v) is 3.87. The van der Waals surface area contributed by atoms with Gasteiger partial charge in [-0.1, -0.05) is 12.1 Å². The summed E-state index contributed by atoms with van der Waals surface area (Å²) in [5.74, 6) is 0.468. The minimum absolute atomic E-state index is 0.168. The molecule has 8 heteroatoms. The van der Waals surface area contributed by atoms with Crippen LogP contribution in [-0.2, 0) is 6.42 Å². The van der Waals surface area contributed by atoms with E-state index in [1.165, 1.54) is 12.4 Å². The first-order valence-electron chi connectivity index (χ1n) is 9.49. The number of pyridine rings is 2. The monoisotopic (exact) mass is 396 g/mol. The lowest BCUT2D eigenvalue weighted by Gasteiger charge is -2.31. The summed E-state index contributed by atoms with van der Waals surface area (Å²) in [4.78, 5) is 26.7. The Bertz CT molecular complexity index is 1390. The van der Waals surface area contributed by atoms with Gasteiger partial charge in [0.05, 0.1) is 10.9 Å². The third-order valence-electron chi connectivity index (χ3n) is 5.27. The lowest BCUT2D eigenvalue weighted by atomic mass is 9.96. The molecule has 0 aliphatic carbocycles. The third kappa shape index (κ3) is 2.84. The van der Waals surface area contributed by atoms with Crippen molar-refractivity contribution >= 4 is 22.5 Å². The summed E-state index contributed by atoms with van der Waals surface area (Å²) in [6.07, 6.45) is 6.59. The number of fused-ring (bicyclic) bond motifs is 2. The molecule has 3 aromatic heterocycles. The van der Waals surface area contributed by atoms with Crippen LogP contribution in [0.15, 0.2) is 59.8 Å². The minimum atomic E-state index is -0.773. The zero-order valence-corrected chi connectivity index (χ0v) is 15.9. The Balaban J connectivity index is 1.70. The highest BCUT2D eigenvalue weighted by atomic mass is 16.5. The second kappa shape index (κ2) is 6.97. The van der Waals surface area contributed by atoms with Gasteiger partial charge in [0, 0.05) is 36.4 Å². The van der Waals surface area contributed by atoms with E-state index in [0.717, 1.165) is 35.2 Å². The van der Waals surface area contributed by atoms with Crippen molar-refractivity contribution in [3.05, 3.63) is 76.6 Å². The van der Waals surface area contributed by atoms with Gasteiger partial charge in [-0.3, -0.25) is 4.98 Å². The topological polar surface area (TPSA) is 108 Å². The van der Waals surface area contributed by atoms with Crippen molar-refractivity contribution in [3.63, 3.8) is 0 Å². The molecule has 146 valence electrons. The van der Waals surface area contributed by atoms with Gasteiger partial charge in [-0.05, 0) is 48.2 Å². The predicted octanol–water partition coefficient (Wildman–Crippen LogP) is 3.05. The van der Waals surface area contributed by atoms with Gasteiger partial charge < -0.3 is 10.1 Å². The molecular weight excluding hydrogens is 380 g/mol. The Kier molecular flexibility index (Phi) is 4.14. The summed E-state index contributed by atoms with van der Waals surface area (Å²) in [7, 11) is 0. The maximum atomic E-state index is 12.3. The third-order valence-corrected chi connectivity index (χ3v) is 5.27. The van der Waals surface area contributed by atoms with Crippen LogP contribution in [0, 0.1) is 11.3 Å². The van der Waals surface area contributed by atoms with Crippen LogP contribution in [0.4, 0.5) is 11.5 Å². The van der Waals surface area contributed by atoms with Crippen LogP contribution in [0.25, 0.3) is 22.2 Å². The quantitative estimate of drug-likeness (QED) is 0.519. The lowest BCUT2D eigenvalue weighted by molar-refractivity contribution is 0.182. The number of aromatic nitrogens is 4. The smallest absolute Gasteiger partial charge is 0.384 e. The van der Waals surface area contributed by atoms with Crippen molar-refractivity contribution in [2.75, 3.05) is 11.4 Å². The number of rotatable bonds is 2. The molecule has 4 heterocycles. The van der Waals surface area contributed by atoms with Crippen LogP contribution in [0.1, 0.15) is 17.5 Å². The fraction of sp³-hybridized carbons (Fsp3) is 0.136. The molecule has 1 aromatic carbocycles. The fourth-order valence-electron chi connectivity index (χ4n) is 3.87. The SMILES string of the molecule is N#Cc1cncc(-c2ccc3c(c2)N(c2nc(=O)n(O)c4ncccc24)CCC3)c1. The number of benzene rings is 1. The summed E-state index contributed by atoms with van der Waals surface area (Å²) in [5.41, 5.74) is 3.73. The minimum Gasteiger partial charge on any atom is -0.422 e. The van der Waals surface area contributed by atoms with Gasteiger partial charge >= 0.3 is 5.69 Å². The summed E-state index contributed by atoms with van der Waals surface area (Å²) in [6.45, 7) is 0.679. The highest BCUT2D eigenvalue weighted by Gasteiger charge is 2.23. The van der Waals surface area contributed by atoms with Gasteiger partial charge in [-0.2, -0.15) is 10.2 Å². The molecule has 4 aromatic rings. The summed E-state index contributed by atoms with van der Waals surface area (Å²) in [5, 5.41) is 19.8. The lowest BCUT2D eigenvalue weighted by Crippen LogP contribution is -2.30. The average Bonchev–Trinajstić information content (AvgIpc) is 2.81. The summed E-state index contributed by atoms with van der Waals surface area (Å²) >= 11 is 0. The Morgan fingerprint density at radius 1 is 1.13 bits per heavy atom. The van der Waals surface area contributed by atoms with Crippen LogP contribution in [0.3, 0.4) is 0 Å². The summed E-state index contributed by atoms with van der Waals surface area (Å²) < 4.78 is 0.471. The normalized spacial score (nSPS) is 13.1. The molecule has 0 atom stereocenters. The van der Waals surface area contributed by atoms with E-state index in [4.69, 9.17) is 0 Å². The second-order valence-corrected chi connectivity index (χ2v) is 7.08. The zero-order chi connectivity index (χ0) is 20.7. The molecule has 0 amide bonds. The van der Waals surface area contributed by atoms with E-state index in [9.17, 15) is 15.3 Å². The van der Waals surface area contributed by atoms with Crippen molar-refractivity contribution in [1.29, 1.82) is 5.26 Å². The summed E-state index contributed by atoms with van der Waals surface area (Å²) in [6, 6.07) is 13.5. The maximum absolute atomic E-state index is 12.3. The number of aryl methyl sites for hydroxylation is 1. The first kappa shape index (κ1) is 17.8. The molecule has 0 bridgehead atoms. The standard InChI is InChI=1S/C22H16N6O2/c23-11-14-9-17(13-24-12-14)16-6-5-15-3-2-8-27(19(15)10-16)21-18-4-1-7-25-20(18)28(30)22(29)26-21/h1,4-7,9-10,12-13,30H,2-3,8H2. The van der Waals surface area contributed by atoms with Gasteiger partial charge in [-0.15, -0.1) is 4.73 Å². The van der Waals surface area contributed by atoms with Crippen LogP contribution in [0.5, 0.6) is 0 Å². The van der Waals surface area contributed by atoms with E-state index < -0.39 is 5.69 Å². The zero-order valence-electron chi connectivity index (χ0n) is 15.9. The first-order chi connectivity index (χ1) is 14.7. The molecule has 8 nitrogen and oxygen atoms in total. The molecule has 0 fully saturated rings. The van der Waals surface area contributed by atoms with Crippen molar-refractivity contribution in [2.24, 2.45) is 0 Å². The Labute approximate surface area is 171 Å². The van der Waals surface area contributed by atoms with E-state index in [0.29, 0.717) is 28.0 Å². The van der Waals surface area contributed by atoms with E-state index >= 15 is 0 Å². The Morgan fingerprint density at radius 3 is 2.90 bits per heavy atom. The number of hydrogen-bond donors (Lipinski definition) is 1. The molecule has 0 radical (unpaired) electrons. The largest absolute Gasteiger partial charge is 0.422 e. The van der Waals surface area contributed by atoms with Gasteiger partial charge in [-0.25, -0.2) is 9.78 Å². The molecule has 1 aliphatic heterocycles. The van der Waals surface area contributed by atoms with Crippen LogP contribution in [-0.4, -0.2) is 31.4 Å². The molecule has 0 saturated carbocycles. The molecule has 0 spiro atoms. The van der Waals surface area contributed by atoms with E-state index in [2.05, 4.69) is 27.1 Å². The van der Waals surface area contributed by atoms with Crippen molar-refractivity contribution < 1.29 is 5.21 Å². The number of hydrogen-bond acceptors (Lipinski definition) is 7. The highest BCUT2D eigenvalue weighted by molar-refractivity contribution is 5.90. The molecule has 0 saturated heterocycles. The van der Waals surface area contributed by atoms with E-state index in [1.54, 1.807) is 24.4 Å². The molecule has 1 aliphatic rings. The predicted molar refractivity (Wildman–Crippen MR) is 111 cm³/mol. The Hall–Kier alpha value is -4.25. The van der Waals surface area contributed by atoms with Crippen molar-refractivity contribution in [3.8, 4) is 17.2 Å². The molecule has 5 rings (SSSR count).